The standard InChI is InChI=1S/C17H21F3N4O/c1-2-7-24-16(21-11-22-24)10-23-9-12(25)8-15(23)13-5-3-4-6-14(13)17(18,19)20/h3-6,11-12,15,25H,2,7-10H2,1H3/t12-,15-/m0/s1. The van der Waals surface area contributed by atoms with Gasteiger partial charge in [0.1, 0.15) is 12.2 Å². The van der Waals surface area contributed by atoms with Gasteiger partial charge in [0.15, 0.2) is 0 Å². The summed E-state index contributed by atoms with van der Waals surface area (Å²) in [6, 6.07) is 5.08. The first-order valence-electron chi connectivity index (χ1n) is 8.35. The van der Waals surface area contributed by atoms with Gasteiger partial charge in [-0.3, -0.25) is 4.90 Å². The first-order chi connectivity index (χ1) is 11.9. The molecule has 2 heterocycles. The summed E-state index contributed by atoms with van der Waals surface area (Å²) in [5, 5.41) is 14.2. The maximum absolute atomic E-state index is 13.4. The van der Waals surface area contributed by atoms with Gasteiger partial charge in [-0.2, -0.15) is 18.3 Å². The Morgan fingerprint density at radius 1 is 1.28 bits per heavy atom. The average Bonchev–Trinajstić information content (AvgIpc) is 3.14. The number of alkyl halides is 3. The number of rotatable bonds is 5. The highest BCUT2D eigenvalue weighted by Gasteiger charge is 2.40. The van der Waals surface area contributed by atoms with E-state index in [1.807, 2.05) is 11.8 Å². The number of aliphatic hydroxyl groups excluding tert-OH is 1. The number of hydrogen-bond donors (Lipinski definition) is 1. The van der Waals surface area contributed by atoms with Crippen LogP contribution in [0.25, 0.3) is 0 Å². The Balaban J connectivity index is 1.89. The van der Waals surface area contributed by atoms with Gasteiger partial charge in [0, 0.05) is 19.1 Å². The largest absolute Gasteiger partial charge is 0.416 e. The van der Waals surface area contributed by atoms with Gasteiger partial charge in [-0.15, -0.1) is 0 Å². The van der Waals surface area contributed by atoms with Crippen molar-refractivity contribution in [3.05, 3.63) is 47.5 Å². The first kappa shape index (κ1) is 17.9. The molecule has 1 saturated heterocycles. The second-order valence-corrected chi connectivity index (χ2v) is 6.32. The molecular formula is C17H21F3N4O. The summed E-state index contributed by atoms with van der Waals surface area (Å²) in [4.78, 5) is 6.08. The topological polar surface area (TPSA) is 54.2 Å². The molecule has 0 aliphatic carbocycles. The number of aryl methyl sites for hydroxylation is 1. The van der Waals surface area contributed by atoms with Crippen LogP contribution in [0.2, 0.25) is 0 Å². The number of aliphatic hydroxyl groups is 1. The third-order valence-corrected chi connectivity index (χ3v) is 4.48. The Bertz CT molecular complexity index is 716. The molecule has 5 nitrogen and oxygen atoms in total. The van der Waals surface area contributed by atoms with Crippen molar-refractivity contribution in [1.82, 2.24) is 19.7 Å². The molecule has 1 aliphatic rings. The quantitative estimate of drug-likeness (QED) is 0.897. The number of aromatic nitrogens is 3. The zero-order chi connectivity index (χ0) is 18.0. The summed E-state index contributed by atoms with van der Waals surface area (Å²) < 4.78 is 41.8. The van der Waals surface area contributed by atoms with E-state index in [0.29, 0.717) is 25.5 Å². The number of β-amino-alcohol motifs (C(OH)–C–C–N with tert-alkyl or cyclic N) is 1. The minimum Gasteiger partial charge on any atom is -0.392 e. The van der Waals surface area contributed by atoms with Crippen LogP contribution in [0, 0.1) is 0 Å². The van der Waals surface area contributed by atoms with E-state index in [2.05, 4.69) is 10.1 Å². The van der Waals surface area contributed by atoms with Crippen molar-refractivity contribution in [2.45, 2.75) is 51.2 Å². The molecular weight excluding hydrogens is 333 g/mol. The zero-order valence-corrected chi connectivity index (χ0v) is 13.9. The Morgan fingerprint density at radius 2 is 2.04 bits per heavy atom. The molecule has 1 aliphatic heterocycles. The van der Waals surface area contributed by atoms with Crippen LogP contribution >= 0.6 is 0 Å². The number of halogens is 3. The Morgan fingerprint density at radius 3 is 2.76 bits per heavy atom. The first-order valence-corrected chi connectivity index (χ1v) is 8.35. The average molecular weight is 354 g/mol. The molecule has 1 aromatic heterocycles. The van der Waals surface area contributed by atoms with Gasteiger partial charge < -0.3 is 5.11 Å². The predicted molar refractivity (Wildman–Crippen MR) is 85.5 cm³/mol. The lowest BCUT2D eigenvalue weighted by molar-refractivity contribution is -0.138. The van der Waals surface area contributed by atoms with Crippen LogP contribution in [-0.2, 0) is 19.3 Å². The van der Waals surface area contributed by atoms with Crippen molar-refractivity contribution < 1.29 is 18.3 Å². The van der Waals surface area contributed by atoms with Crippen molar-refractivity contribution in [3.63, 3.8) is 0 Å². The van der Waals surface area contributed by atoms with E-state index in [0.717, 1.165) is 12.5 Å². The predicted octanol–water partition coefficient (Wildman–Crippen LogP) is 3.01. The van der Waals surface area contributed by atoms with Crippen LogP contribution in [0.15, 0.2) is 30.6 Å². The molecule has 2 atom stereocenters. The number of nitrogens with zero attached hydrogens (tertiary/aromatic N) is 4. The Kier molecular flexibility index (Phi) is 5.10. The van der Waals surface area contributed by atoms with E-state index in [4.69, 9.17) is 0 Å². The second kappa shape index (κ2) is 7.13. The highest BCUT2D eigenvalue weighted by Crippen LogP contribution is 2.40. The van der Waals surface area contributed by atoms with Crippen molar-refractivity contribution >= 4 is 0 Å². The third-order valence-electron chi connectivity index (χ3n) is 4.48. The molecule has 2 aromatic rings. The molecule has 1 fully saturated rings. The van der Waals surface area contributed by atoms with Crippen molar-refractivity contribution in [2.75, 3.05) is 6.54 Å². The van der Waals surface area contributed by atoms with Crippen LogP contribution in [0.1, 0.15) is 42.8 Å². The van der Waals surface area contributed by atoms with Crippen LogP contribution in [0.4, 0.5) is 13.2 Å². The molecule has 0 spiro atoms. The van der Waals surface area contributed by atoms with Crippen molar-refractivity contribution in [2.24, 2.45) is 0 Å². The van der Waals surface area contributed by atoms with Gasteiger partial charge in [-0.25, -0.2) is 9.67 Å². The van der Waals surface area contributed by atoms with Crippen LogP contribution in [0.3, 0.4) is 0 Å². The highest BCUT2D eigenvalue weighted by molar-refractivity contribution is 5.33. The summed E-state index contributed by atoms with van der Waals surface area (Å²) in [7, 11) is 0. The molecule has 25 heavy (non-hydrogen) atoms. The molecule has 0 unspecified atom stereocenters. The molecule has 0 bridgehead atoms. The lowest BCUT2D eigenvalue weighted by atomic mass is 9.97. The summed E-state index contributed by atoms with van der Waals surface area (Å²) in [6.45, 7) is 3.40. The van der Waals surface area contributed by atoms with Gasteiger partial charge in [0.2, 0.25) is 0 Å². The van der Waals surface area contributed by atoms with Gasteiger partial charge in [-0.1, -0.05) is 25.1 Å². The van der Waals surface area contributed by atoms with Crippen molar-refractivity contribution in [3.8, 4) is 0 Å². The SMILES string of the molecule is CCCn1ncnc1CN1C[C@@H](O)C[C@H]1c1ccccc1C(F)(F)F. The highest BCUT2D eigenvalue weighted by atomic mass is 19.4. The molecule has 0 amide bonds. The molecule has 1 N–H and O–H groups in total. The van der Waals surface area contributed by atoms with Gasteiger partial charge in [-0.05, 0) is 24.5 Å². The lowest BCUT2D eigenvalue weighted by Crippen LogP contribution is -2.27. The van der Waals surface area contributed by atoms with Crippen LogP contribution in [0.5, 0.6) is 0 Å². The minimum atomic E-state index is -4.42. The third kappa shape index (κ3) is 3.85. The van der Waals surface area contributed by atoms with E-state index in [1.165, 1.54) is 18.5 Å². The summed E-state index contributed by atoms with van der Waals surface area (Å²) in [5.74, 6) is 0.699. The molecule has 1 aromatic carbocycles. The number of benzene rings is 1. The van der Waals surface area contributed by atoms with E-state index >= 15 is 0 Å². The summed E-state index contributed by atoms with van der Waals surface area (Å²) >= 11 is 0. The maximum Gasteiger partial charge on any atom is 0.416 e. The van der Waals surface area contributed by atoms with E-state index in [-0.39, 0.29) is 12.0 Å². The number of hydrogen-bond acceptors (Lipinski definition) is 4. The second-order valence-electron chi connectivity index (χ2n) is 6.32. The van der Waals surface area contributed by atoms with Gasteiger partial charge in [0.25, 0.3) is 0 Å². The van der Waals surface area contributed by atoms with E-state index in [1.54, 1.807) is 10.7 Å². The minimum absolute atomic E-state index is 0.202. The van der Waals surface area contributed by atoms with E-state index < -0.39 is 23.9 Å². The molecule has 136 valence electrons. The lowest BCUT2D eigenvalue weighted by Gasteiger charge is -2.26. The van der Waals surface area contributed by atoms with E-state index in [9.17, 15) is 18.3 Å². The van der Waals surface area contributed by atoms with Crippen LogP contribution in [-0.4, -0.2) is 37.4 Å². The maximum atomic E-state index is 13.4. The molecule has 0 saturated carbocycles. The molecule has 0 radical (unpaired) electrons. The van der Waals surface area contributed by atoms with Crippen LogP contribution < -0.4 is 0 Å². The fourth-order valence-corrected chi connectivity index (χ4v) is 3.41. The molecule has 8 heteroatoms. The fourth-order valence-electron chi connectivity index (χ4n) is 3.41. The smallest absolute Gasteiger partial charge is 0.392 e. The Labute approximate surface area is 144 Å². The summed E-state index contributed by atoms with van der Waals surface area (Å²) in [5.41, 5.74) is -0.442. The van der Waals surface area contributed by atoms with Gasteiger partial charge in [0.05, 0.1) is 18.2 Å². The fraction of sp³-hybridized carbons (Fsp3) is 0.529. The van der Waals surface area contributed by atoms with Crippen molar-refractivity contribution in [1.29, 1.82) is 0 Å². The molecule has 3 rings (SSSR count). The normalized spacial score (nSPS) is 21.8. The number of likely N-dealkylation sites (tertiary alicyclic amines) is 1. The zero-order valence-electron chi connectivity index (χ0n) is 13.9. The Hall–Kier alpha value is -1.93. The monoisotopic (exact) mass is 354 g/mol. The summed E-state index contributed by atoms with van der Waals surface area (Å²) in [6.07, 6.45) is -2.46. The van der Waals surface area contributed by atoms with Gasteiger partial charge >= 0.3 is 6.18 Å².